The van der Waals surface area contributed by atoms with Gasteiger partial charge in [-0.15, -0.1) is 23.1 Å². The van der Waals surface area contributed by atoms with Crippen LogP contribution in [0.3, 0.4) is 0 Å². The van der Waals surface area contributed by atoms with Crippen LogP contribution in [0.25, 0.3) is 0 Å². The van der Waals surface area contributed by atoms with Crippen molar-refractivity contribution >= 4 is 46.6 Å². The molecule has 0 fully saturated rings. The van der Waals surface area contributed by atoms with E-state index < -0.39 is 5.97 Å². The Balaban J connectivity index is 1.59. The summed E-state index contributed by atoms with van der Waals surface area (Å²) in [5.41, 5.74) is 0.936. The number of ether oxygens (including phenoxy) is 2. The summed E-state index contributed by atoms with van der Waals surface area (Å²) < 4.78 is 10.8. The highest BCUT2D eigenvalue weighted by atomic mass is 35.5. The Morgan fingerprint density at radius 3 is 2.60 bits per heavy atom. The molecule has 0 saturated carbocycles. The predicted molar refractivity (Wildman–Crippen MR) is 101 cm³/mol. The minimum atomic E-state index is -0.410. The number of rotatable bonds is 9. The molecule has 0 aliphatic carbocycles. The molecule has 0 atom stereocenters. The van der Waals surface area contributed by atoms with E-state index in [9.17, 15) is 9.59 Å². The van der Waals surface area contributed by atoms with Gasteiger partial charge in [0.05, 0.1) is 17.2 Å². The van der Waals surface area contributed by atoms with Gasteiger partial charge in [-0.1, -0.05) is 23.7 Å². The zero-order chi connectivity index (χ0) is 18.1. The lowest BCUT2D eigenvalue weighted by Gasteiger charge is -2.07. The zero-order valence-electron chi connectivity index (χ0n) is 13.6. The number of carbonyl (C=O) groups is 2. The number of carbonyl (C=O) groups excluding carboxylic acids is 2. The summed E-state index contributed by atoms with van der Waals surface area (Å²) >= 11 is 8.75. The van der Waals surface area contributed by atoms with Crippen molar-refractivity contribution in [2.75, 3.05) is 19.5 Å². The van der Waals surface area contributed by atoms with Crippen molar-refractivity contribution in [2.24, 2.45) is 0 Å². The Hall–Kier alpha value is -1.70. The van der Waals surface area contributed by atoms with E-state index in [1.54, 1.807) is 7.11 Å². The van der Waals surface area contributed by atoms with Crippen LogP contribution >= 0.6 is 34.7 Å². The van der Waals surface area contributed by atoms with E-state index in [1.165, 1.54) is 23.1 Å². The van der Waals surface area contributed by atoms with E-state index in [4.69, 9.17) is 21.1 Å². The Morgan fingerprint density at radius 1 is 1.20 bits per heavy atom. The normalized spacial score (nSPS) is 10.3. The first kappa shape index (κ1) is 19.6. The molecule has 0 saturated heterocycles. The molecule has 0 aliphatic heterocycles. The van der Waals surface area contributed by atoms with Crippen molar-refractivity contribution in [2.45, 2.75) is 12.3 Å². The summed E-state index contributed by atoms with van der Waals surface area (Å²) in [4.78, 5) is 24.4. The molecule has 1 N–H and O–H groups in total. The fourth-order valence-corrected chi connectivity index (χ4v) is 3.87. The van der Waals surface area contributed by atoms with Gasteiger partial charge in [0, 0.05) is 17.2 Å². The second kappa shape index (κ2) is 10.3. The van der Waals surface area contributed by atoms with Gasteiger partial charge in [0.25, 0.3) is 5.91 Å². The Labute approximate surface area is 159 Å². The van der Waals surface area contributed by atoms with Crippen molar-refractivity contribution in [3.8, 4) is 5.75 Å². The summed E-state index contributed by atoms with van der Waals surface area (Å²) in [7, 11) is 1.60. The SMILES string of the molecule is COc1ccc(CNC(=O)COC(=O)CSCc2ccc(Cl)s2)cc1. The molecule has 2 rings (SSSR count). The number of hydrogen-bond acceptors (Lipinski definition) is 6. The molecule has 0 aliphatic rings. The predicted octanol–water partition coefficient (Wildman–Crippen LogP) is 3.50. The first-order valence-corrected chi connectivity index (χ1v) is 9.79. The number of methoxy groups -OCH3 is 1. The standard InChI is InChI=1S/C17H18ClNO4S2/c1-22-13-4-2-12(3-5-13)8-19-16(20)9-23-17(21)11-24-10-14-6-7-15(18)25-14/h2-7H,8-11H2,1H3,(H,19,20). The number of thioether (sulfide) groups is 1. The van der Waals surface area contributed by atoms with E-state index >= 15 is 0 Å². The molecule has 1 aromatic carbocycles. The summed E-state index contributed by atoms with van der Waals surface area (Å²) in [6.07, 6.45) is 0. The Bertz CT molecular complexity index is 703. The molecule has 1 amide bonds. The third-order valence-corrected chi connectivity index (χ3v) is 5.47. The Morgan fingerprint density at radius 2 is 1.96 bits per heavy atom. The average Bonchev–Trinajstić information content (AvgIpc) is 3.03. The topological polar surface area (TPSA) is 64.6 Å². The van der Waals surface area contributed by atoms with Gasteiger partial charge in [-0.05, 0) is 29.8 Å². The second-order valence-electron chi connectivity index (χ2n) is 4.98. The molecular formula is C17H18ClNO4S2. The molecule has 1 heterocycles. The van der Waals surface area contributed by atoms with Crippen LogP contribution in [0.5, 0.6) is 5.75 Å². The molecule has 8 heteroatoms. The van der Waals surface area contributed by atoms with Gasteiger partial charge in [-0.25, -0.2) is 0 Å². The number of benzene rings is 1. The minimum Gasteiger partial charge on any atom is -0.497 e. The van der Waals surface area contributed by atoms with E-state index in [-0.39, 0.29) is 18.3 Å². The van der Waals surface area contributed by atoms with Crippen LogP contribution in [0.2, 0.25) is 4.34 Å². The van der Waals surface area contributed by atoms with Crippen LogP contribution in [0.1, 0.15) is 10.4 Å². The van der Waals surface area contributed by atoms with E-state index in [2.05, 4.69) is 5.32 Å². The molecule has 1 aromatic heterocycles. The first-order chi connectivity index (χ1) is 12.1. The van der Waals surface area contributed by atoms with Crippen molar-refractivity contribution in [3.63, 3.8) is 0 Å². The van der Waals surface area contributed by atoms with Crippen molar-refractivity contribution in [1.82, 2.24) is 5.32 Å². The molecule has 0 bridgehead atoms. The maximum Gasteiger partial charge on any atom is 0.316 e. The highest BCUT2D eigenvalue weighted by molar-refractivity contribution is 7.99. The van der Waals surface area contributed by atoms with Crippen LogP contribution in [-0.4, -0.2) is 31.3 Å². The van der Waals surface area contributed by atoms with Crippen LogP contribution < -0.4 is 10.1 Å². The number of nitrogens with one attached hydrogen (secondary N) is 1. The maximum atomic E-state index is 11.7. The third kappa shape index (κ3) is 7.37. The maximum absolute atomic E-state index is 11.7. The number of amides is 1. The van der Waals surface area contributed by atoms with Crippen molar-refractivity contribution < 1.29 is 19.1 Å². The van der Waals surface area contributed by atoms with Crippen molar-refractivity contribution in [3.05, 3.63) is 51.2 Å². The quantitative estimate of drug-likeness (QED) is 0.654. The van der Waals surface area contributed by atoms with Crippen LogP contribution in [0, 0.1) is 0 Å². The van der Waals surface area contributed by atoms with Crippen LogP contribution in [-0.2, 0) is 26.6 Å². The zero-order valence-corrected chi connectivity index (χ0v) is 16.0. The summed E-state index contributed by atoms with van der Waals surface area (Å²) in [5, 5.41) is 2.70. The van der Waals surface area contributed by atoms with Gasteiger partial charge >= 0.3 is 5.97 Å². The lowest BCUT2D eigenvalue weighted by Crippen LogP contribution is -2.28. The number of esters is 1. The molecule has 2 aromatic rings. The number of hydrogen-bond donors (Lipinski definition) is 1. The lowest BCUT2D eigenvalue weighted by molar-refractivity contribution is -0.145. The van der Waals surface area contributed by atoms with Gasteiger partial charge in [-0.2, -0.15) is 0 Å². The number of halogens is 1. The second-order valence-corrected chi connectivity index (χ2v) is 7.77. The van der Waals surface area contributed by atoms with Gasteiger partial charge in [0.1, 0.15) is 5.75 Å². The highest BCUT2D eigenvalue weighted by Crippen LogP contribution is 2.25. The van der Waals surface area contributed by atoms with Crippen LogP contribution in [0.15, 0.2) is 36.4 Å². The molecule has 134 valence electrons. The fraction of sp³-hybridized carbons (Fsp3) is 0.294. The first-order valence-electron chi connectivity index (χ1n) is 7.44. The van der Waals surface area contributed by atoms with Gasteiger partial charge < -0.3 is 14.8 Å². The van der Waals surface area contributed by atoms with Gasteiger partial charge in [0.15, 0.2) is 6.61 Å². The monoisotopic (exact) mass is 399 g/mol. The molecule has 0 unspecified atom stereocenters. The number of thiophene rings is 1. The largest absolute Gasteiger partial charge is 0.497 e. The van der Waals surface area contributed by atoms with Crippen molar-refractivity contribution in [1.29, 1.82) is 0 Å². The van der Waals surface area contributed by atoms with E-state index in [1.807, 2.05) is 36.4 Å². The summed E-state index contributed by atoms with van der Waals surface area (Å²) in [6.45, 7) is 0.0919. The van der Waals surface area contributed by atoms with E-state index in [0.29, 0.717) is 12.3 Å². The molecular weight excluding hydrogens is 382 g/mol. The van der Waals surface area contributed by atoms with Gasteiger partial charge in [-0.3, -0.25) is 9.59 Å². The summed E-state index contributed by atoms with van der Waals surface area (Å²) in [6, 6.07) is 11.1. The van der Waals surface area contributed by atoms with Crippen LogP contribution in [0.4, 0.5) is 0 Å². The molecule has 5 nitrogen and oxygen atoms in total. The highest BCUT2D eigenvalue weighted by Gasteiger charge is 2.08. The average molecular weight is 400 g/mol. The lowest BCUT2D eigenvalue weighted by atomic mass is 10.2. The van der Waals surface area contributed by atoms with E-state index in [0.717, 1.165) is 20.5 Å². The smallest absolute Gasteiger partial charge is 0.316 e. The molecule has 0 radical (unpaired) electrons. The van der Waals surface area contributed by atoms with Gasteiger partial charge in [0.2, 0.25) is 0 Å². The molecule has 0 spiro atoms. The minimum absolute atomic E-state index is 0.196. The fourth-order valence-electron chi connectivity index (χ4n) is 1.85. The third-order valence-electron chi connectivity index (χ3n) is 3.11. The summed E-state index contributed by atoms with van der Waals surface area (Å²) in [5.74, 6) is 0.898. The molecule has 25 heavy (non-hydrogen) atoms. The Kier molecular flexibility index (Phi) is 8.11.